The number of nitrogens with zero attached hydrogens (tertiary/aromatic N) is 1. The van der Waals surface area contributed by atoms with Gasteiger partial charge in [0.05, 0.1) is 0 Å². The van der Waals surface area contributed by atoms with Crippen LogP contribution in [-0.2, 0) is 6.42 Å². The highest BCUT2D eigenvalue weighted by atomic mass is 16.3. The van der Waals surface area contributed by atoms with Crippen LogP contribution in [0.5, 0.6) is 0 Å². The zero-order valence-electron chi connectivity index (χ0n) is 9.86. The molecular formula is C13H18N2O. The maximum Gasteiger partial charge on any atom is 0.195 e. The van der Waals surface area contributed by atoms with Gasteiger partial charge in [0.1, 0.15) is 5.52 Å². The lowest BCUT2D eigenvalue weighted by Gasteiger charge is -2.05. The number of hydrogen-bond donors (Lipinski definition) is 1. The van der Waals surface area contributed by atoms with Crippen molar-refractivity contribution >= 4 is 11.1 Å². The number of para-hydroxylation sites is 2. The highest BCUT2D eigenvalue weighted by Gasteiger charge is 2.04. The zero-order valence-corrected chi connectivity index (χ0v) is 9.86. The summed E-state index contributed by atoms with van der Waals surface area (Å²) in [5, 5.41) is 3.38. The van der Waals surface area contributed by atoms with Gasteiger partial charge in [-0.1, -0.05) is 26.0 Å². The molecule has 0 spiro atoms. The molecular weight excluding hydrogens is 200 g/mol. The Morgan fingerprint density at radius 3 is 2.88 bits per heavy atom. The normalized spacial score (nSPS) is 11.4. The third kappa shape index (κ3) is 2.83. The minimum absolute atomic E-state index is 0.545. The molecule has 3 nitrogen and oxygen atoms in total. The van der Waals surface area contributed by atoms with E-state index in [0.717, 1.165) is 36.4 Å². The van der Waals surface area contributed by atoms with Crippen molar-refractivity contribution in [1.29, 1.82) is 0 Å². The molecule has 0 fully saturated rings. The molecule has 86 valence electrons. The predicted molar refractivity (Wildman–Crippen MR) is 65.5 cm³/mol. The van der Waals surface area contributed by atoms with Crippen molar-refractivity contribution in [3.05, 3.63) is 30.2 Å². The van der Waals surface area contributed by atoms with Crippen LogP contribution in [0.2, 0.25) is 0 Å². The Kier molecular flexibility index (Phi) is 3.57. The van der Waals surface area contributed by atoms with Crippen LogP contribution < -0.4 is 5.32 Å². The van der Waals surface area contributed by atoms with Crippen LogP contribution in [0.1, 0.15) is 26.2 Å². The second-order valence-electron chi connectivity index (χ2n) is 4.29. The fourth-order valence-corrected chi connectivity index (χ4v) is 1.66. The number of oxazole rings is 1. The van der Waals surface area contributed by atoms with Crippen molar-refractivity contribution in [3.63, 3.8) is 0 Å². The van der Waals surface area contributed by atoms with Crippen molar-refractivity contribution in [2.75, 3.05) is 6.54 Å². The molecule has 0 atom stereocenters. The van der Waals surface area contributed by atoms with Crippen molar-refractivity contribution in [2.45, 2.75) is 32.7 Å². The fraction of sp³-hybridized carbons (Fsp3) is 0.462. The first-order valence-electron chi connectivity index (χ1n) is 5.83. The molecule has 0 aliphatic carbocycles. The summed E-state index contributed by atoms with van der Waals surface area (Å²) in [6, 6.07) is 8.43. The first-order valence-corrected chi connectivity index (χ1v) is 5.83. The van der Waals surface area contributed by atoms with Gasteiger partial charge < -0.3 is 9.73 Å². The number of nitrogens with one attached hydrogen (secondary N) is 1. The molecule has 0 bridgehead atoms. The molecule has 0 saturated heterocycles. The molecule has 2 rings (SSSR count). The number of fused-ring (bicyclic) bond motifs is 1. The lowest BCUT2D eigenvalue weighted by molar-refractivity contribution is 0.500. The molecule has 0 amide bonds. The molecule has 0 aliphatic rings. The van der Waals surface area contributed by atoms with E-state index in [4.69, 9.17) is 4.42 Å². The summed E-state index contributed by atoms with van der Waals surface area (Å²) in [7, 11) is 0. The Morgan fingerprint density at radius 1 is 1.31 bits per heavy atom. The molecule has 0 radical (unpaired) electrons. The van der Waals surface area contributed by atoms with Crippen LogP contribution in [0, 0.1) is 0 Å². The number of hydrogen-bond acceptors (Lipinski definition) is 3. The van der Waals surface area contributed by atoms with E-state index >= 15 is 0 Å². The summed E-state index contributed by atoms with van der Waals surface area (Å²) in [6.07, 6.45) is 1.96. The van der Waals surface area contributed by atoms with Crippen molar-refractivity contribution in [2.24, 2.45) is 0 Å². The summed E-state index contributed by atoms with van der Waals surface area (Å²) in [5.41, 5.74) is 1.84. The fourth-order valence-electron chi connectivity index (χ4n) is 1.66. The van der Waals surface area contributed by atoms with E-state index in [-0.39, 0.29) is 0 Å². The SMILES string of the molecule is CC(C)NCCCc1nc2ccccc2o1. The highest BCUT2D eigenvalue weighted by molar-refractivity contribution is 5.72. The quantitative estimate of drug-likeness (QED) is 0.784. The summed E-state index contributed by atoms with van der Waals surface area (Å²) in [4.78, 5) is 4.43. The lowest BCUT2D eigenvalue weighted by atomic mass is 10.3. The molecule has 3 heteroatoms. The maximum atomic E-state index is 5.64. The Balaban J connectivity index is 1.89. The topological polar surface area (TPSA) is 38.1 Å². The largest absolute Gasteiger partial charge is 0.441 e. The standard InChI is InChI=1S/C13H18N2O/c1-10(2)14-9-5-8-13-15-11-6-3-4-7-12(11)16-13/h3-4,6-7,10,14H,5,8-9H2,1-2H3. The summed E-state index contributed by atoms with van der Waals surface area (Å²) >= 11 is 0. The van der Waals surface area contributed by atoms with Gasteiger partial charge in [-0.15, -0.1) is 0 Å². The molecule has 0 aliphatic heterocycles. The second kappa shape index (κ2) is 5.12. The van der Waals surface area contributed by atoms with E-state index in [1.807, 2.05) is 24.3 Å². The maximum absolute atomic E-state index is 5.64. The van der Waals surface area contributed by atoms with E-state index in [9.17, 15) is 0 Å². The molecule has 16 heavy (non-hydrogen) atoms. The minimum atomic E-state index is 0.545. The van der Waals surface area contributed by atoms with E-state index in [1.54, 1.807) is 0 Å². The van der Waals surface area contributed by atoms with E-state index < -0.39 is 0 Å². The van der Waals surface area contributed by atoms with Gasteiger partial charge in [0, 0.05) is 12.5 Å². The Bertz CT molecular complexity index is 415. The number of rotatable bonds is 5. The van der Waals surface area contributed by atoms with Crippen molar-refractivity contribution < 1.29 is 4.42 Å². The van der Waals surface area contributed by atoms with Gasteiger partial charge in [-0.05, 0) is 25.1 Å². The van der Waals surface area contributed by atoms with E-state index in [2.05, 4.69) is 24.1 Å². The Labute approximate surface area is 95.9 Å². The first-order chi connectivity index (χ1) is 7.75. The van der Waals surface area contributed by atoms with Gasteiger partial charge in [0.15, 0.2) is 11.5 Å². The van der Waals surface area contributed by atoms with Crippen molar-refractivity contribution in [1.82, 2.24) is 10.3 Å². The van der Waals surface area contributed by atoms with Crippen LogP contribution >= 0.6 is 0 Å². The van der Waals surface area contributed by atoms with E-state index in [1.165, 1.54) is 0 Å². The van der Waals surface area contributed by atoms with Gasteiger partial charge >= 0.3 is 0 Å². The van der Waals surface area contributed by atoms with Gasteiger partial charge in [0.2, 0.25) is 0 Å². The number of benzene rings is 1. The summed E-state index contributed by atoms with van der Waals surface area (Å²) < 4.78 is 5.64. The average Bonchev–Trinajstić information content (AvgIpc) is 2.66. The molecule has 1 aromatic carbocycles. The molecule has 1 N–H and O–H groups in total. The molecule has 1 heterocycles. The Hall–Kier alpha value is -1.35. The van der Waals surface area contributed by atoms with Gasteiger partial charge in [-0.25, -0.2) is 4.98 Å². The molecule has 0 saturated carbocycles. The number of aryl methyl sites for hydroxylation is 1. The summed E-state index contributed by atoms with van der Waals surface area (Å²) in [6.45, 7) is 5.31. The number of aromatic nitrogens is 1. The minimum Gasteiger partial charge on any atom is -0.441 e. The molecule has 1 aromatic heterocycles. The highest BCUT2D eigenvalue weighted by Crippen LogP contribution is 2.15. The van der Waals surface area contributed by atoms with E-state index in [0.29, 0.717) is 6.04 Å². The van der Waals surface area contributed by atoms with Crippen LogP contribution in [0.15, 0.2) is 28.7 Å². The van der Waals surface area contributed by atoms with Crippen LogP contribution in [-0.4, -0.2) is 17.6 Å². The Morgan fingerprint density at radius 2 is 2.12 bits per heavy atom. The monoisotopic (exact) mass is 218 g/mol. The third-order valence-electron chi connectivity index (χ3n) is 2.46. The van der Waals surface area contributed by atoms with Crippen LogP contribution in [0.4, 0.5) is 0 Å². The van der Waals surface area contributed by atoms with Gasteiger partial charge in [0.25, 0.3) is 0 Å². The van der Waals surface area contributed by atoms with Crippen molar-refractivity contribution in [3.8, 4) is 0 Å². The molecule has 0 unspecified atom stereocenters. The zero-order chi connectivity index (χ0) is 11.4. The van der Waals surface area contributed by atoms with Crippen LogP contribution in [0.25, 0.3) is 11.1 Å². The first kappa shape index (κ1) is 11.1. The van der Waals surface area contributed by atoms with Gasteiger partial charge in [-0.2, -0.15) is 0 Å². The lowest BCUT2D eigenvalue weighted by Crippen LogP contribution is -2.23. The summed E-state index contributed by atoms with van der Waals surface area (Å²) in [5.74, 6) is 0.840. The smallest absolute Gasteiger partial charge is 0.195 e. The third-order valence-corrected chi connectivity index (χ3v) is 2.46. The average molecular weight is 218 g/mol. The second-order valence-corrected chi connectivity index (χ2v) is 4.29. The van der Waals surface area contributed by atoms with Crippen LogP contribution in [0.3, 0.4) is 0 Å². The van der Waals surface area contributed by atoms with Gasteiger partial charge in [-0.3, -0.25) is 0 Å². The predicted octanol–water partition coefficient (Wildman–Crippen LogP) is 2.76. The molecule has 2 aromatic rings.